The summed E-state index contributed by atoms with van der Waals surface area (Å²) in [5, 5.41) is 11.8. The van der Waals surface area contributed by atoms with Crippen molar-refractivity contribution in [3.8, 4) is 5.75 Å². The van der Waals surface area contributed by atoms with Crippen LogP contribution in [-0.2, 0) is 17.6 Å². The number of fused-ring (bicyclic) bond motifs is 1. The number of hydrogen-bond donors (Lipinski definition) is 1. The number of amides is 1. The highest BCUT2D eigenvalue weighted by atomic mass is 79.9. The zero-order valence-corrected chi connectivity index (χ0v) is 21.1. The van der Waals surface area contributed by atoms with Crippen LogP contribution in [0.2, 0.25) is 0 Å². The highest BCUT2D eigenvalue weighted by Crippen LogP contribution is 2.27. The molecule has 0 bridgehead atoms. The molecular weight excluding hydrogens is 518 g/mol. The van der Waals surface area contributed by atoms with Gasteiger partial charge < -0.3 is 19.4 Å². The largest absolute Gasteiger partial charge is 0.490 e. The third-order valence-electron chi connectivity index (χ3n) is 5.62. The number of ether oxygens (including phenoxy) is 1. The summed E-state index contributed by atoms with van der Waals surface area (Å²) in [7, 11) is 2.13. The third kappa shape index (κ3) is 5.81. The van der Waals surface area contributed by atoms with Crippen LogP contribution in [0.25, 0.3) is 10.2 Å². The van der Waals surface area contributed by atoms with Gasteiger partial charge in [-0.1, -0.05) is 15.9 Å². The lowest BCUT2D eigenvalue weighted by atomic mass is 10.1. The number of likely N-dealkylation sites (tertiary alicyclic amines) is 1. The molecule has 1 amide bonds. The number of piperidine rings is 1. The SMILES string of the molecule is CN1CCC(Oc2ccc(NC(=O)Cc3nnc(Cc4nc5ccc(Br)cc5s4)o3)cc2)CC1. The predicted octanol–water partition coefficient (Wildman–Crippen LogP) is 4.69. The second kappa shape index (κ2) is 10.2. The standard InChI is InChI=1S/C24H24BrN5O3S/c1-30-10-8-18(9-11-30)32-17-5-3-16(4-6-17)26-21(31)13-22-28-29-23(33-22)14-24-27-19-7-2-15(25)12-20(19)34-24/h2-7,12,18H,8-11,13-14H2,1H3,(H,26,31). The summed E-state index contributed by atoms with van der Waals surface area (Å²) in [6.07, 6.45) is 2.74. The molecule has 1 aliphatic heterocycles. The van der Waals surface area contributed by atoms with Crippen LogP contribution in [0, 0.1) is 0 Å². The van der Waals surface area contributed by atoms with Gasteiger partial charge in [-0.15, -0.1) is 21.5 Å². The number of benzene rings is 2. The molecule has 2 aromatic carbocycles. The Morgan fingerprint density at radius 2 is 1.94 bits per heavy atom. The molecule has 0 saturated carbocycles. The molecule has 0 radical (unpaired) electrons. The zero-order valence-electron chi connectivity index (χ0n) is 18.7. The van der Waals surface area contributed by atoms with Crippen LogP contribution in [0.3, 0.4) is 0 Å². The highest BCUT2D eigenvalue weighted by molar-refractivity contribution is 9.10. The minimum Gasteiger partial charge on any atom is -0.490 e. The van der Waals surface area contributed by atoms with Crippen molar-refractivity contribution in [2.24, 2.45) is 0 Å². The fourth-order valence-corrected chi connectivity index (χ4v) is 5.35. The maximum absolute atomic E-state index is 12.4. The molecule has 4 aromatic rings. The van der Waals surface area contributed by atoms with Crippen LogP contribution in [0.4, 0.5) is 5.69 Å². The quantitative estimate of drug-likeness (QED) is 0.362. The highest BCUT2D eigenvalue weighted by Gasteiger charge is 2.18. The number of aromatic nitrogens is 3. The summed E-state index contributed by atoms with van der Waals surface area (Å²) < 4.78 is 13.8. The summed E-state index contributed by atoms with van der Waals surface area (Å²) in [5.74, 6) is 1.32. The van der Waals surface area contributed by atoms with E-state index in [0.29, 0.717) is 18.0 Å². The Kier molecular flexibility index (Phi) is 6.89. The molecule has 1 aliphatic rings. The first kappa shape index (κ1) is 22.9. The van der Waals surface area contributed by atoms with Crippen molar-refractivity contribution in [2.75, 3.05) is 25.5 Å². The van der Waals surface area contributed by atoms with E-state index in [0.717, 1.165) is 51.4 Å². The van der Waals surface area contributed by atoms with E-state index in [1.54, 1.807) is 11.3 Å². The number of carbonyl (C=O) groups is 1. The Hall–Kier alpha value is -2.82. The smallest absolute Gasteiger partial charge is 0.233 e. The Bertz CT molecular complexity index is 1280. The number of rotatable bonds is 7. The van der Waals surface area contributed by atoms with Crippen molar-refractivity contribution in [1.82, 2.24) is 20.1 Å². The van der Waals surface area contributed by atoms with E-state index in [2.05, 4.69) is 48.4 Å². The summed E-state index contributed by atoms with van der Waals surface area (Å²) >= 11 is 5.06. The zero-order chi connectivity index (χ0) is 23.5. The lowest BCUT2D eigenvalue weighted by Gasteiger charge is -2.29. The van der Waals surface area contributed by atoms with Gasteiger partial charge in [0, 0.05) is 23.2 Å². The van der Waals surface area contributed by atoms with Crippen LogP contribution in [-0.4, -0.2) is 52.2 Å². The van der Waals surface area contributed by atoms with Crippen LogP contribution in [0.1, 0.15) is 29.6 Å². The number of anilines is 1. The van der Waals surface area contributed by atoms with Crippen LogP contribution >= 0.6 is 27.3 Å². The minimum atomic E-state index is -0.218. The summed E-state index contributed by atoms with van der Waals surface area (Å²) in [4.78, 5) is 19.4. The lowest BCUT2D eigenvalue weighted by molar-refractivity contribution is -0.115. The molecular formula is C24H24BrN5O3S. The van der Waals surface area contributed by atoms with Crippen molar-refractivity contribution in [1.29, 1.82) is 0 Å². The van der Waals surface area contributed by atoms with Crippen molar-refractivity contribution in [3.63, 3.8) is 0 Å². The summed E-state index contributed by atoms with van der Waals surface area (Å²) in [6, 6.07) is 13.4. The van der Waals surface area contributed by atoms with Crippen LogP contribution in [0.5, 0.6) is 5.75 Å². The Morgan fingerprint density at radius 1 is 1.18 bits per heavy atom. The Labute approximate surface area is 209 Å². The number of thiazole rings is 1. The van der Waals surface area contributed by atoms with Gasteiger partial charge in [0.2, 0.25) is 17.7 Å². The fraction of sp³-hybridized carbons (Fsp3) is 0.333. The fourth-order valence-electron chi connectivity index (χ4n) is 3.84. The lowest BCUT2D eigenvalue weighted by Crippen LogP contribution is -2.35. The minimum absolute atomic E-state index is 0.00757. The van der Waals surface area contributed by atoms with Crippen molar-refractivity contribution in [3.05, 3.63) is 63.7 Å². The normalized spacial score (nSPS) is 15.0. The van der Waals surface area contributed by atoms with Gasteiger partial charge in [0.25, 0.3) is 0 Å². The van der Waals surface area contributed by atoms with Gasteiger partial charge in [-0.05, 0) is 62.4 Å². The average molecular weight is 542 g/mol. The van der Waals surface area contributed by atoms with E-state index in [-0.39, 0.29) is 24.3 Å². The van der Waals surface area contributed by atoms with E-state index in [9.17, 15) is 4.79 Å². The molecule has 5 rings (SSSR count). The number of nitrogens with zero attached hydrogens (tertiary/aromatic N) is 4. The van der Waals surface area contributed by atoms with Crippen molar-refractivity contribution < 1.29 is 13.9 Å². The van der Waals surface area contributed by atoms with E-state index >= 15 is 0 Å². The van der Waals surface area contributed by atoms with Crippen molar-refractivity contribution >= 4 is 49.1 Å². The Balaban J connectivity index is 1.13. The van der Waals surface area contributed by atoms with Crippen molar-refractivity contribution in [2.45, 2.75) is 31.8 Å². The first-order valence-electron chi connectivity index (χ1n) is 11.1. The molecule has 0 unspecified atom stereocenters. The average Bonchev–Trinajstić information content (AvgIpc) is 3.42. The summed E-state index contributed by atoms with van der Waals surface area (Å²) in [6.45, 7) is 2.10. The topological polar surface area (TPSA) is 93.4 Å². The second-order valence-electron chi connectivity index (χ2n) is 8.36. The number of halogens is 1. The molecule has 1 N–H and O–H groups in total. The van der Waals surface area contributed by atoms with E-state index in [4.69, 9.17) is 9.15 Å². The van der Waals surface area contributed by atoms with Crippen LogP contribution < -0.4 is 10.1 Å². The molecule has 8 nitrogen and oxygen atoms in total. The van der Waals surface area contributed by atoms with Gasteiger partial charge in [-0.3, -0.25) is 4.79 Å². The van der Waals surface area contributed by atoms with Gasteiger partial charge in [-0.25, -0.2) is 4.98 Å². The molecule has 0 atom stereocenters. The molecule has 176 valence electrons. The molecule has 34 heavy (non-hydrogen) atoms. The number of nitrogens with one attached hydrogen (secondary N) is 1. The number of hydrogen-bond acceptors (Lipinski definition) is 8. The maximum atomic E-state index is 12.4. The molecule has 2 aromatic heterocycles. The molecule has 0 aliphatic carbocycles. The Morgan fingerprint density at radius 3 is 2.74 bits per heavy atom. The molecule has 1 saturated heterocycles. The number of carbonyl (C=O) groups excluding carboxylic acids is 1. The van der Waals surface area contributed by atoms with E-state index in [1.165, 1.54) is 0 Å². The van der Waals surface area contributed by atoms with E-state index in [1.807, 2.05) is 42.5 Å². The maximum Gasteiger partial charge on any atom is 0.233 e. The third-order valence-corrected chi connectivity index (χ3v) is 7.14. The first-order chi connectivity index (χ1) is 16.5. The van der Waals surface area contributed by atoms with Gasteiger partial charge in [-0.2, -0.15) is 0 Å². The van der Waals surface area contributed by atoms with Gasteiger partial charge in [0.1, 0.15) is 23.3 Å². The van der Waals surface area contributed by atoms with Gasteiger partial charge in [0.05, 0.1) is 16.6 Å². The molecule has 10 heteroatoms. The predicted molar refractivity (Wildman–Crippen MR) is 134 cm³/mol. The molecule has 1 fully saturated rings. The second-order valence-corrected chi connectivity index (χ2v) is 10.4. The van der Waals surface area contributed by atoms with E-state index < -0.39 is 0 Å². The van der Waals surface area contributed by atoms with Gasteiger partial charge in [0.15, 0.2) is 0 Å². The van der Waals surface area contributed by atoms with Gasteiger partial charge >= 0.3 is 0 Å². The van der Waals surface area contributed by atoms with Crippen LogP contribution in [0.15, 0.2) is 51.4 Å². The molecule has 3 heterocycles. The first-order valence-corrected chi connectivity index (χ1v) is 12.7. The summed E-state index contributed by atoms with van der Waals surface area (Å²) in [5.41, 5.74) is 1.63. The molecule has 0 spiro atoms. The monoisotopic (exact) mass is 541 g/mol.